The summed E-state index contributed by atoms with van der Waals surface area (Å²) in [5, 5.41) is 11.2. The molecule has 0 aromatic heterocycles. The molecule has 1 aliphatic carbocycles. The van der Waals surface area contributed by atoms with Crippen LogP contribution >= 0.6 is 11.6 Å². The van der Waals surface area contributed by atoms with Crippen LogP contribution in [0.15, 0.2) is 18.2 Å². The molecule has 0 heterocycles. The maximum atomic E-state index is 13.0. The molecule has 1 aromatic rings. The quantitative estimate of drug-likeness (QED) is 0.813. The number of carboxylic acids is 1. The van der Waals surface area contributed by atoms with E-state index in [1.54, 1.807) is 0 Å². The summed E-state index contributed by atoms with van der Waals surface area (Å²) in [4.78, 5) is 24.7. The molecule has 1 aliphatic rings. The number of nitrogens with zero attached hydrogens (tertiary/aromatic N) is 1. The Morgan fingerprint density at radius 2 is 2.04 bits per heavy atom. The molecule has 9 heteroatoms. The minimum atomic E-state index is -4.67. The normalized spacial score (nSPS) is 16.1. The second kappa shape index (κ2) is 6.98. The number of carbonyl (C=O) groups excluding carboxylic acids is 1. The Balaban J connectivity index is 2.13. The molecule has 0 radical (unpaired) electrons. The summed E-state index contributed by atoms with van der Waals surface area (Å²) >= 11 is 5.58. The maximum absolute atomic E-state index is 13.0. The van der Waals surface area contributed by atoms with Crippen molar-refractivity contribution in [2.75, 3.05) is 11.9 Å². The summed E-state index contributed by atoms with van der Waals surface area (Å²) < 4.78 is 39.0. The van der Waals surface area contributed by atoms with Crippen molar-refractivity contribution >= 4 is 29.2 Å². The number of hydrogen-bond acceptors (Lipinski definition) is 3. The Bertz CT molecular complexity index is 647. The lowest BCUT2D eigenvalue weighted by Gasteiger charge is -2.25. The number of carbonyl (C=O) groups is 2. The number of aliphatic carboxylic acids is 1. The number of carboxylic acid groups (broad SMARTS) is 1. The molecule has 2 rings (SSSR count). The average molecular weight is 365 g/mol. The van der Waals surface area contributed by atoms with Crippen LogP contribution in [-0.2, 0) is 15.8 Å². The van der Waals surface area contributed by atoms with E-state index in [9.17, 15) is 22.8 Å². The maximum Gasteiger partial charge on any atom is 0.418 e. The SMILES string of the molecule is CC(C(=O)O)N(CC(=O)Nc1ccc(Cl)cc1C(F)(F)F)C1CC1. The van der Waals surface area contributed by atoms with Gasteiger partial charge < -0.3 is 10.4 Å². The highest BCUT2D eigenvalue weighted by molar-refractivity contribution is 6.30. The molecular formula is C15H16ClF3N2O3. The van der Waals surface area contributed by atoms with Crippen LogP contribution in [-0.4, -0.2) is 40.5 Å². The van der Waals surface area contributed by atoms with Crippen molar-refractivity contribution in [3.63, 3.8) is 0 Å². The molecule has 1 saturated carbocycles. The predicted octanol–water partition coefficient (Wildman–Crippen LogP) is 3.23. The third-order valence-electron chi connectivity index (χ3n) is 3.76. The van der Waals surface area contributed by atoms with Gasteiger partial charge in [-0.05, 0) is 38.0 Å². The van der Waals surface area contributed by atoms with Crippen molar-refractivity contribution in [2.24, 2.45) is 0 Å². The Hall–Kier alpha value is -1.80. The molecule has 0 aliphatic heterocycles. The minimum absolute atomic E-state index is 0.0332. The summed E-state index contributed by atoms with van der Waals surface area (Å²) in [7, 11) is 0. The van der Waals surface area contributed by atoms with Gasteiger partial charge in [0.2, 0.25) is 5.91 Å². The molecule has 1 unspecified atom stereocenters. The van der Waals surface area contributed by atoms with Gasteiger partial charge >= 0.3 is 12.1 Å². The minimum Gasteiger partial charge on any atom is -0.480 e. The smallest absolute Gasteiger partial charge is 0.418 e. The zero-order chi connectivity index (χ0) is 18.1. The zero-order valence-corrected chi connectivity index (χ0v) is 13.5. The molecule has 1 atom stereocenters. The van der Waals surface area contributed by atoms with Gasteiger partial charge in [0.15, 0.2) is 0 Å². The molecule has 2 N–H and O–H groups in total. The highest BCUT2D eigenvalue weighted by Crippen LogP contribution is 2.36. The molecule has 0 spiro atoms. The van der Waals surface area contributed by atoms with E-state index in [4.69, 9.17) is 16.7 Å². The van der Waals surface area contributed by atoms with Gasteiger partial charge in [0.1, 0.15) is 6.04 Å². The number of alkyl halides is 3. The number of halogens is 4. The first-order chi connectivity index (χ1) is 11.1. The fourth-order valence-electron chi connectivity index (χ4n) is 2.35. The molecule has 5 nitrogen and oxygen atoms in total. The number of anilines is 1. The lowest BCUT2D eigenvalue weighted by molar-refractivity contribution is -0.143. The van der Waals surface area contributed by atoms with Crippen molar-refractivity contribution in [3.8, 4) is 0 Å². The Morgan fingerprint density at radius 3 is 2.54 bits per heavy atom. The standard InChI is InChI=1S/C15H16ClF3N2O3/c1-8(14(23)24)21(10-3-4-10)7-13(22)20-12-5-2-9(16)6-11(12)15(17,18)19/h2,5-6,8,10H,3-4,7H2,1H3,(H,20,22)(H,23,24). The second-order valence-corrected chi connectivity index (χ2v) is 6.09. The van der Waals surface area contributed by atoms with E-state index in [0.717, 1.165) is 25.0 Å². The summed E-state index contributed by atoms with van der Waals surface area (Å²) in [6, 6.07) is 2.12. The van der Waals surface area contributed by atoms with Crippen molar-refractivity contribution in [2.45, 2.75) is 38.0 Å². The summed E-state index contributed by atoms with van der Waals surface area (Å²) in [6.07, 6.45) is -3.14. The van der Waals surface area contributed by atoms with Crippen LogP contribution in [0.5, 0.6) is 0 Å². The molecule has 1 amide bonds. The first kappa shape index (κ1) is 18.5. The second-order valence-electron chi connectivity index (χ2n) is 5.65. The molecule has 0 saturated heterocycles. The van der Waals surface area contributed by atoms with Gasteiger partial charge in [0, 0.05) is 11.1 Å². The largest absolute Gasteiger partial charge is 0.480 e. The highest BCUT2D eigenvalue weighted by atomic mass is 35.5. The fraction of sp³-hybridized carbons (Fsp3) is 0.467. The van der Waals surface area contributed by atoms with Gasteiger partial charge in [-0.3, -0.25) is 14.5 Å². The first-order valence-corrected chi connectivity index (χ1v) is 7.62. The van der Waals surface area contributed by atoms with Crippen molar-refractivity contribution in [1.82, 2.24) is 4.90 Å². The Morgan fingerprint density at radius 1 is 1.42 bits per heavy atom. The van der Waals surface area contributed by atoms with E-state index in [1.807, 2.05) is 0 Å². The number of benzene rings is 1. The Kier molecular flexibility index (Phi) is 5.39. The lowest BCUT2D eigenvalue weighted by atomic mass is 10.1. The van der Waals surface area contributed by atoms with E-state index in [0.29, 0.717) is 0 Å². The van der Waals surface area contributed by atoms with Crippen molar-refractivity contribution in [1.29, 1.82) is 0 Å². The van der Waals surface area contributed by atoms with Gasteiger partial charge in [0.25, 0.3) is 0 Å². The fourth-order valence-corrected chi connectivity index (χ4v) is 2.52. The highest BCUT2D eigenvalue weighted by Gasteiger charge is 2.37. The van der Waals surface area contributed by atoms with Gasteiger partial charge in [-0.2, -0.15) is 13.2 Å². The lowest BCUT2D eigenvalue weighted by Crippen LogP contribution is -2.44. The van der Waals surface area contributed by atoms with Crippen molar-refractivity contribution < 1.29 is 27.9 Å². The third-order valence-corrected chi connectivity index (χ3v) is 3.99. The topological polar surface area (TPSA) is 69.6 Å². The van der Waals surface area contributed by atoms with Crippen LogP contribution in [0, 0.1) is 0 Å². The van der Waals surface area contributed by atoms with Gasteiger partial charge in [0.05, 0.1) is 17.8 Å². The number of amides is 1. The van der Waals surface area contributed by atoms with E-state index >= 15 is 0 Å². The van der Waals surface area contributed by atoms with Crippen LogP contribution in [0.25, 0.3) is 0 Å². The summed E-state index contributed by atoms with van der Waals surface area (Å²) in [5.74, 6) is -1.79. The zero-order valence-electron chi connectivity index (χ0n) is 12.7. The van der Waals surface area contributed by atoms with Gasteiger partial charge in [-0.25, -0.2) is 0 Å². The summed E-state index contributed by atoms with van der Waals surface area (Å²) in [6.45, 7) is 1.15. The van der Waals surface area contributed by atoms with Crippen molar-refractivity contribution in [3.05, 3.63) is 28.8 Å². The third kappa shape index (κ3) is 4.61. The van der Waals surface area contributed by atoms with E-state index in [2.05, 4.69) is 5.32 Å². The molecular weight excluding hydrogens is 349 g/mol. The van der Waals surface area contributed by atoms with Gasteiger partial charge in [-0.15, -0.1) is 0 Å². The molecule has 1 fully saturated rings. The predicted molar refractivity (Wildman–Crippen MR) is 81.9 cm³/mol. The number of hydrogen-bond donors (Lipinski definition) is 2. The van der Waals surface area contributed by atoms with E-state index in [-0.39, 0.29) is 17.6 Å². The monoisotopic (exact) mass is 364 g/mol. The first-order valence-electron chi connectivity index (χ1n) is 7.24. The average Bonchev–Trinajstić information content (AvgIpc) is 3.29. The van der Waals surface area contributed by atoms with E-state index in [1.165, 1.54) is 17.9 Å². The van der Waals surface area contributed by atoms with Crippen LogP contribution in [0.1, 0.15) is 25.3 Å². The van der Waals surface area contributed by atoms with Crippen LogP contribution in [0.2, 0.25) is 5.02 Å². The van der Waals surface area contributed by atoms with Crippen LogP contribution < -0.4 is 5.32 Å². The van der Waals surface area contributed by atoms with Crippen LogP contribution in [0.4, 0.5) is 18.9 Å². The van der Waals surface area contributed by atoms with E-state index < -0.39 is 35.3 Å². The number of rotatable bonds is 6. The molecule has 132 valence electrons. The molecule has 24 heavy (non-hydrogen) atoms. The number of nitrogens with one attached hydrogen (secondary N) is 1. The summed E-state index contributed by atoms with van der Waals surface area (Å²) in [5.41, 5.74) is -1.46. The van der Waals surface area contributed by atoms with Gasteiger partial charge in [-0.1, -0.05) is 11.6 Å². The molecule has 1 aromatic carbocycles. The van der Waals surface area contributed by atoms with Crippen LogP contribution in [0.3, 0.4) is 0 Å². The molecule has 0 bridgehead atoms. The Labute approximate surface area is 141 Å².